The summed E-state index contributed by atoms with van der Waals surface area (Å²) in [4.78, 5) is 28.2. The van der Waals surface area contributed by atoms with E-state index >= 15 is 0 Å². The highest BCUT2D eigenvalue weighted by Gasteiger charge is 2.62. The van der Waals surface area contributed by atoms with Crippen LogP contribution in [-0.2, 0) is 19.7 Å². The molecule has 8 heteroatoms. The summed E-state index contributed by atoms with van der Waals surface area (Å²) >= 11 is 0. The van der Waals surface area contributed by atoms with Crippen LogP contribution in [0, 0.1) is 11.3 Å². The normalized spacial score (nSPS) is 25.3. The first-order valence-electron chi connectivity index (χ1n) is 9.44. The number of nitrogens with zero attached hydrogens (tertiary/aromatic N) is 2. The Hall–Kier alpha value is -3.83. The molecule has 30 heavy (non-hydrogen) atoms. The minimum Gasteiger partial charge on any atom is -0.469 e. The van der Waals surface area contributed by atoms with Crippen LogP contribution < -0.4 is 10.6 Å². The number of carbonyl (C=O) groups is 2. The maximum absolute atomic E-state index is 13.7. The summed E-state index contributed by atoms with van der Waals surface area (Å²) in [5.41, 5.74) is 5.22. The second kappa shape index (κ2) is 6.34. The number of aliphatic hydroxyl groups is 1. The quantitative estimate of drug-likeness (QED) is 0.784. The predicted molar refractivity (Wildman–Crippen MR) is 103 cm³/mol. The van der Waals surface area contributed by atoms with Gasteiger partial charge in [-0.3, -0.25) is 14.5 Å². The fourth-order valence-electron chi connectivity index (χ4n) is 4.82. The molecule has 5 rings (SSSR count). The molecule has 3 heterocycles. The van der Waals surface area contributed by atoms with Crippen LogP contribution in [0.25, 0.3) is 0 Å². The zero-order valence-corrected chi connectivity index (χ0v) is 15.8. The van der Waals surface area contributed by atoms with E-state index in [-0.39, 0.29) is 40.9 Å². The third-order valence-electron chi connectivity index (χ3n) is 6.01. The summed E-state index contributed by atoms with van der Waals surface area (Å²) in [6.45, 7) is -0.594. The number of ketones is 1. The van der Waals surface area contributed by atoms with Crippen molar-refractivity contribution in [3.63, 3.8) is 0 Å². The highest BCUT2D eigenvalue weighted by atomic mass is 16.5. The Morgan fingerprint density at radius 3 is 2.73 bits per heavy atom. The van der Waals surface area contributed by atoms with E-state index < -0.39 is 18.1 Å². The number of allylic oxidation sites excluding steroid dienone is 1. The number of aliphatic hydroxyl groups excluding tert-OH is 1. The van der Waals surface area contributed by atoms with Crippen molar-refractivity contribution in [2.75, 3.05) is 11.6 Å². The number of Topliss-reactive ketones (excluding diaryl/α,β-unsaturated/α-hetero) is 1. The predicted octanol–water partition coefficient (Wildman–Crippen LogP) is 1.94. The number of nitrogens with two attached hydrogens (primary N) is 1. The monoisotopic (exact) mass is 403 g/mol. The smallest absolute Gasteiger partial charge is 0.249 e. The summed E-state index contributed by atoms with van der Waals surface area (Å²) in [6.07, 6.45) is 1.93. The first-order valence-corrected chi connectivity index (χ1v) is 9.44. The van der Waals surface area contributed by atoms with Gasteiger partial charge in [-0.15, -0.1) is 0 Å². The molecule has 1 aromatic heterocycles. The largest absolute Gasteiger partial charge is 0.469 e. The Labute approximate surface area is 171 Å². The number of carbonyl (C=O) groups excluding carboxylic acids is 2. The van der Waals surface area contributed by atoms with Crippen LogP contribution in [0.1, 0.15) is 30.1 Å². The maximum atomic E-state index is 13.7. The minimum atomic E-state index is -1.73. The second-order valence-corrected chi connectivity index (χ2v) is 7.44. The van der Waals surface area contributed by atoms with Crippen LogP contribution >= 0.6 is 0 Å². The number of benzene rings is 1. The van der Waals surface area contributed by atoms with Gasteiger partial charge in [0.25, 0.3) is 0 Å². The summed E-state index contributed by atoms with van der Waals surface area (Å²) in [7, 11) is 0. The molecule has 2 aliphatic heterocycles. The first-order chi connectivity index (χ1) is 14.5. The molecule has 3 N–H and O–H groups in total. The lowest BCUT2D eigenvalue weighted by atomic mass is 9.64. The van der Waals surface area contributed by atoms with Crippen LogP contribution in [0.3, 0.4) is 0 Å². The lowest BCUT2D eigenvalue weighted by Gasteiger charge is -2.38. The van der Waals surface area contributed by atoms with Crippen molar-refractivity contribution in [1.29, 1.82) is 5.26 Å². The van der Waals surface area contributed by atoms with E-state index in [9.17, 15) is 20.0 Å². The lowest BCUT2D eigenvalue weighted by Crippen LogP contribution is -2.49. The maximum Gasteiger partial charge on any atom is 0.249 e. The third-order valence-corrected chi connectivity index (χ3v) is 6.01. The summed E-state index contributed by atoms with van der Waals surface area (Å²) < 4.78 is 11.2. The molecule has 3 aliphatic rings. The molecular formula is C22H17N3O5. The third kappa shape index (κ3) is 2.12. The second-order valence-electron chi connectivity index (χ2n) is 7.44. The van der Waals surface area contributed by atoms with Gasteiger partial charge in [-0.1, -0.05) is 18.2 Å². The van der Waals surface area contributed by atoms with Crippen LogP contribution in [-0.4, -0.2) is 23.5 Å². The number of hydrogen-bond acceptors (Lipinski definition) is 7. The van der Waals surface area contributed by atoms with E-state index in [0.717, 1.165) is 4.90 Å². The van der Waals surface area contributed by atoms with Crippen molar-refractivity contribution in [3.05, 3.63) is 76.8 Å². The Morgan fingerprint density at radius 2 is 2.03 bits per heavy atom. The van der Waals surface area contributed by atoms with E-state index in [4.69, 9.17) is 14.9 Å². The summed E-state index contributed by atoms with van der Waals surface area (Å²) in [6, 6.07) is 12.3. The van der Waals surface area contributed by atoms with Gasteiger partial charge in [0, 0.05) is 24.3 Å². The fraction of sp³-hybridized carbons (Fsp3) is 0.227. The van der Waals surface area contributed by atoms with Gasteiger partial charge in [0.05, 0.1) is 17.5 Å². The van der Waals surface area contributed by atoms with Crippen molar-refractivity contribution >= 4 is 17.4 Å². The Bertz CT molecular complexity index is 1190. The number of anilines is 1. The number of hydrogen-bond donors (Lipinski definition) is 2. The van der Waals surface area contributed by atoms with Gasteiger partial charge < -0.3 is 20.0 Å². The number of rotatable bonds is 2. The molecule has 1 amide bonds. The van der Waals surface area contributed by atoms with E-state index in [1.165, 1.54) is 6.26 Å². The molecular weight excluding hydrogens is 386 g/mol. The number of furan rings is 1. The highest BCUT2D eigenvalue weighted by molar-refractivity contribution is 6.20. The number of fused-ring (bicyclic) bond motifs is 3. The number of para-hydroxylation sites is 1. The molecule has 2 atom stereocenters. The SMILES string of the molecule is N#CC1=C(N)OC2=C(C(=O)C[C@@H](c3ccco3)C2)[C@@]12C(=O)N(CO)c1ccccc12. The molecule has 0 radical (unpaired) electrons. The van der Waals surface area contributed by atoms with Crippen molar-refractivity contribution < 1.29 is 23.8 Å². The Morgan fingerprint density at radius 1 is 1.23 bits per heavy atom. The van der Waals surface area contributed by atoms with Gasteiger partial charge in [0.15, 0.2) is 5.78 Å². The standard InChI is InChI=1S/C22H17N3O5/c23-10-14-20(24)30-18-9-12(17-6-3-7-29-17)8-16(27)19(18)22(14)13-4-1-2-5-15(13)25(11-26)21(22)28/h1-7,12,26H,8-9,11,24H2/t12-,22+/m1/s1. The van der Waals surface area contributed by atoms with Crippen LogP contribution in [0.15, 0.2) is 69.9 Å². The Kier molecular flexibility index (Phi) is 3.85. The van der Waals surface area contributed by atoms with Gasteiger partial charge in [-0.05, 0) is 18.2 Å². The van der Waals surface area contributed by atoms with Gasteiger partial charge in [-0.2, -0.15) is 5.26 Å². The van der Waals surface area contributed by atoms with Gasteiger partial charge >= 0.3 is 0 Å². The molecule has 0 fully saturated rings. The van der Waals surface area contributed by atoms with Crippen LogP contribution in [0.2, 0.25) is 0 Å². The molecule has 0 bridgehead atoms. The number of amides is 1. The minimum absolute atomic E-state index is 0.102. The fourth-order valence-corrected chi connectivity index (χ4v) is 4.82. The molecule has 0 saturated carbocycles. The van der Waals surface area contributed by atoms with Gasteiger partial charge in [-0.25, -0.2) is 0 Å². The number of ether oxygens (including phenoxy) is 1. The average molecular weight is 403 g/mol. The zero-order chi connectivity index (χ0) is 21.0. The van der Waals surface area contributed by atoms with Crippen LogP contribution in [0.5, 0.6) is 0 Å². The molecule has 0 unspecified atom stereocenters. The molecule has 1 aromatic carbocycles. The molecule has 1 aliphatic carbocycles. The Balaban J connectivity index is 1.78. The molecule has 150 valence electrons. The molecule has 1 spiro atoms. The highest BCUT2D eigenvalue weighted by Crippen LogP contribution is 2.56. The van der Waals surface area contributed by atoms with E-state index in [0.29, 0.717) is 23.4 Å². The topological polar surface area (TPSA) is 130 Å². The van der Waals surface area contributed by atoms with Crippen LogP contribution in [0.4, 0.5) is 5.69 Å². The lowest BCUT2D eigenvalue weighted by molar-refractivity contribution is -0.125. The van der Waals surface area contributed by atoms with Crippen molar-refractivity contribution in [2.24, 2.45) is 5.73 Å². The van der Waals surface area contributed by atoms with Gasteiger partial charge in [0.1, 0.15) is 35.3 Å². The summed E-state index contributed by atoms with van der Waals surface area (Å²) in [5.74, 6) is -0.497. The molecule has 8 nitrogen and oxygen atoms in total. The van der Waals surface area contributed by atoms with E-state index in [2.05, 4.69) is 0 Å². The van der Waals surface area contributed by atoms with Crippen molar-refractivity contribution in [1.82, 2.24) is 0 Å². The molecule has 0 saturated heterocycles. The first kappa shape index (κ1) is 18.2. The molecule has 2 aromatic rings. The number of nitriles is 1. The zero-order valence-electron chi connectivity index (χ0n) is 15.8. The van der Waals surface area contributed by atoms with Crippen molar-refractivity contribution in [2.45, 2.75) is 24.2 Å². The van der Waals surface area contributed by atoms with Crippen molar-refractivity contribution in [3.8, 4) is 6.07 Å². The van der Waals surface area contributed by atoms with Gasteiger partial charge in [0.2, 0.25) is 11.8 Å². The average Bonchev–Trinajstić information content (AvgIpc) is 3.35. The van der Waals surface area contributed by atoms with E-state index in [1.54, 1.807) is 36.4 Å². The van der Waals surface area contributed by atoms with E-state index in [1.807, 2.05) is 6.07 Å². The summed E-state index contributed by atoms with van der Waals surface area (Å²) in [5, 5.41) is 19.8.